The maximum absolute atomic E-state index is 12.1. The van der Waals surface area contributed by atoms with E-state index in [4.69, 9.17) is 10.5 Å². The maximum Gasteiger partial charge on any atom is 0.253 e. The van der Waals surface area contributed by atoms with Gasteiger partial charge in [-0.05, 0) is 32.0 Å². The lowest BCUT2D eigenvalue weighted by Gasteiger charge is -2.23. The van der Waals surface area contributed by atoms with Crippen LogP contribution in [-0.4, -0.2) is 32.5 Å². The summed E-state index contributed by atoms with van der Waals surface area (Å²) in [5, 5.41) is 5.27. The Labute approximate surface area is 118 Å². The first-order chi connectivity index (χ1) is 9.31. The summed E-state index contributed by atoms with van der Waals surface area (Å²) < 4.78 is 5.06. The van der Waals surface area contributed by atoms with Crippen molar-refractivity contribution in [3.05, 3.63) is 23.8 Å². The fraction of sp³-hybridized carbons (Fsp3) is 0.429. The standard InChI is InChI=1S/C14H21N3O3/c1-14(2,13(19)16-3)8-17-12(18)10-7-9(20-4)5-6-11(10)15/h5-7H,8,15H2,1-4H3,(H,16,19)(H,17,18). The minimum absolute atomic E-state index is 0.142. The molecule has 0 spiro atoms. The van der Waals surface area contributed by atoms with Crippen molar-refractivity contribution in [2.45, 2.75) is 13.8 Å². The topological polar surface area (TPSA) is 93.5 Å². The van der Waals surface area contributed by atoms with Crippen molar-refractivity contribution < 1.29 is 14.3 Å². The highest BCUT2D eigenvalue weighted by Crippen LogP contribution is 2.20. The van der Waals surface area contributed by atoms with Gasteiger partial charge in [0.15, 0.2) is 0 Å². The number of carbonyl (C=O) groups is 2. The summed E-state index contributed by atoms with van der Waals surface area (Å²) in [5.41, 5.74) is 5.77. The molecular formula is C14H21N3O3. The number of rotatable bonds is 5. The monoisotopic (exact) mass is 279 g/mol. The highest BCUT2D eigenvalue weighted by molar-refractivity contribution is 5.99. The van der Waals surface area contributed by atoms with Gasteiger partial charge in [-0.3, -0.25) is 9.59 Å². The van der Waals surface area contributed by atoms with Gasteiger partial charge in [-0.15, -0.1) is 0 Å². The second kappa shape index (κ2) is 6.27. The lowest BCUT2D eigenvalue weighted by Crippen LogP contribution is -2.43. The Morgan fingerprint density at radius 2 is 2.00 bits per heavy atom. The predicted molar refractivity (Wildman–Crippen MR) is 77.6 cm³/mol. The first-order valence-corrected chi connectivity index (χ1v) is 6.25. The van der Waals surface area contributed by atoms with Crippen molar-refractivity contribution in [3.8, 4) is 5.75 Å². The Morgan fingerprint density at radius 1 is 1.35 bits per heavy atom. The van der Waals surface area contributed by atoms with Gasteiger partial charge in [0.25, 0.3) is 5.91 Å². The summed E-state index contributed by atoms with van der Waals surface area (Å²) in [5.74, 6) is 0.0738. The molecule has 0 aliphatic heterocycles. The first kappa shape index (κ1) is 15.8. The van der Waals surface area contributed by atoms with Crippen molar-refractivity contribution in [2.24, 2.45) is 5.41 Å². The molecule has 0 unspecified atom stereocenters. The quantitative estimate of drug-likeness (QED) is 0.694. The number of ether oxygens (including phenoxy) is 1. The lowest BCUT2D eigenvalue weighted by molar-refractivity contribution is -0.128. The summed E-state index contributed by atoms with van der Waals surface area (Å²) >= 11 is 0. The predicted octanol–water partition coefficient (Wildman–Crippen LogP) is 0.779. The third-order valence-corrected chi connectivity index (χ3v) is 3.04. The Bertz CT molecular complexity index is 512. The van der Waals surface area contributed by atoms with Crippen molar-refractivity contribution in [1.82, 2.24) is 10.6 Å². The number of methoxy groups -OCH3 is 1. The minimum atomic E-state index is -0.696. The van der Waals surface area contributed by atoms with Gasteiger partial charge in [-0.25, -0.2) is 0 Å². The summed E-state index contributed by atoms with van der Waals surface area (Å²) in [6.45, 7) is 3.71. The van der Waals surface area contributed by atoms with Gasteiger partial charge in [0, 0.05) is 19.3 Å². The fourth-order valence-electron chi connectivity index (χ4n) is 1.67. The van der Waals surface area contributed by atoms with E-state index in [1.165, 1.54) is 7.11 Å². The summed E-state index contributed by atoms with van der Waals surface area (Å²) in [6.07, 6.45) is 0. The zero-order valence-electron chi connectivity index (χ0n) is 12.2. The van der Waals surface area contributed by atoms with Crippen LogP contribution in [0.15, 0.2) is 18.2 Å². The van der Waals surface area contributed by atoms with Crippen LogP contribution in [0.3, 0.4) is 0 Å². The number of hydrogen-bond donors (Lipinski definition) is 3. The maximum atomic E-state index is 12.1. The molecule has 0 atom stereocenters. The number of nitrogens with one attached hydrogen (secondary N) is 2. The number of carbonyl (C=O) groups excluding carboxylic acids is 2. The summed E-state index contributed by atoms with van der Waals surface area (Å²) in [6, 6.07) is 4.86. The van der Waals surface area contributed by atoms with Crippen LogP contribution in [-0.2, 0) is 4.79 Å². The zero-order valence-corrected chi connectivity index (χ0v) is 12.2. The van der Waals surface area contributed by atoms with Gasteiger partial charge in [0.1, 0.15) is 5.75 Å². The second-order valence-electron chi connectivity index (χ2n) is 5.10. The van der Waals surface area contributed by atoms with Crippen LogP contribution in [0, 0.1) is 5.41 Å². The van der Waals surface area contributed by atoms with Crippen molar-refractivity contribution in [1.29, 1.82) is 0 Å². The molecule has 0 aliphatic carbocycles. The van der Waals surface area contributed by atoms with Gasteiger partial charge >= 0.3 is 0 Å². The average Bonchev–Trinajstić information content (AvgIpc) is 2.44. The van der Waals surface area contributed by atoms with Crippen LogP contribution in [0.5, 0.6) is 5.75 Å². The van der Waals surface area contributed by atoms with Crippen molar-refractivity contribution in [3.63, 3.8) is 0 Å². The number of nitrogens with two attached hydrogens (primary N) is 1. The first-order valence-electron chi connectivity index (χ1n) is 6.25. The van der Waals surface area contributed by atoms with E-state index in [0.29, 0.717) is 17.0 Å². The third-order valence-electron chi connectivity index (χ3n) is 3.04. The molecule has 1 aromatic carbocycles. The number of anilines is 1. The number of benzene rings is 1. The summed E-state index contributed by atoms with van der Waals surface area (Å²) in [4.78, 5) is 23.8. The highest BCUT2D eigenvalue weighted by Gasteiger charge is 2.27. The largest absolute Gasteiger partial charge is 0.497 e. The van der Waals surface area contributed by atoms with E-state index in [-0.39, 0.29) is 18.4 Å². The Hall–Kier alpha value is -2.24. The van der Waals surface area contributed by atoms with Crippen LogP contribution in [0.2, 0.25) is 0 Å². The Balaban J connectivity index is 2.80. The molecule has 20 heavy (non-hydrogen) atoms. The molecule has 2 amide bonds. The smallest absolute Gasteiger partial charge is 0.253 e. The molecule has 1 rings (SSSR count). The van der Waals surface area contributed by atoms with Crippen molar-refractivity contribution >= 4 is 17.5 Å². The van der Waals surface area contributed by atoms with E-state index in [1.54, 1.807) is 39.1 Å². The van der Waals surface area contributed by atoms with Gasteiger partial charge in [0.05, 0.1) is 18.1 Å². The second-order valence-corrected chi connectivity index (χ2v) is 5.10. The third kappa shape index (κ3) is 3.63. The van der Waals surface area contributed by atoms with Gasteiger partial charge in [0.2, 0.25) is 5.91 Å². The molecule has 110 valence electrons. The molecule has 0 heterocycles. The van der Waals surface area contributed by atoms with Crippen LogP contribution >= 0.6 is 0 Å². The van der Waals surface area contributed by atoms with Crippen molar-refractivity contribution in [2.75, 3.05) is 26.4 Å². The molecule has 6 heteroatoms. The van der Waals surface area contributed by atoms with E-state index in [1.807, 2.05) is 0 Å². The summed E-state index contributed by atoms with van der Waals surface area (Å²) in [7, 11) is 3.08. The molecule has 0 fully saturated rings. The van der Waals surface area contributed by atoms with Gasteiger partial charge < -0.3 is 21.1 Å². The average molecular weight is 279 g/mol. The highest BCUT2D eigenvalue weighted by atomic mass is 16.5. The molecule has 0 saturated heterocycles. The molecule has 0 aromatic heterocycles. The Morgan fingerprint density at radius 3 is 2.55 bits per heavy atom. The van der Waals surface area contributed by atoms with E-state index < -0.39 is 5.41 Å². The van der Waals surface area contributed by atoms with Crippen LogP contribution in [0.4, 0.5) is 5.69 Å². The zero-order chi connectivity index (χ0) is 15.3. The van der Waals surface area contributed by atoms with Crippen LogP contribution < -0.4 is 21.1 Å². The molecule has 0 aliphatic rings. The molecular weight excluding hydrogens is 258 g/mol. The van der Waals surface area contributed by atoms with Crippen LogP contribution in [0.1, 0.15) is 24.2 Å². The van der Waals surface area contributed by atoms with E-state index in [9.17, 15) is 9.59 Å². The fourth-order valence-corrected chi connectivity index (χ4v) is 1.67. The van der Waals surface area contributed by atoms with Gasteiger partial charge in [-0.2, -0.15) is 0 Å². The molecule has 0 radical (unpaired) electrons. The van der Waals surface area contributed by atoms with Crippen LogP contribution in [0.25, 0.3) is 0 Å². The number of amides is 2. The molecule has 1 aromatic rings. The van der Waals surface area contributed by atoms with Gasteiger partial charge in [-0.1, -0.05) is 0 Å². The van der Waals surface area contributed by atoms with E-state index >= 15 is 0 Å². The lowest BCUT2D eigenvalue weighted by atomic mass is 9.92. The number of nitrogen functional groups attached to an aromatic ring is 1. The van der Waals surface area contributed by atoms with E-state index in [2.05, 4.69) is 10.6 Å². The minimum Gasteiger partial charge on any atom is -0.497 e. The normalized spacial score (nSPS) is 10.8. The molecule has 4 N–H and O–H groups in total. The molecule has 0 bridgehead atoms. The van der Waals surface area contributed by atoms with E-state index in [0.717, 1.165) is 0 Å². The number of hydrogen-bond acceptors (Lipinski definition) is 4. The SMILES string of the molecule is CNC(=O)C(C)(C)CNC(=O)c1cc(OC)ccc1N. The molecule has 0 saturated carbocycles. The Kier molecular flexibility index (Phi) is 4.96. The molecule has 6 nitrogen and oxygen atoms in total.